The average molecular weight is 348 g/mol. The van der Waals surface area contributed by atoms with Gasteiger partial charge in [-0.05, 0) is 62.2 Å². The number of carbonyl (C=O) groups excluding carboxylic acids is 1. The minimum absolute atomic E-state index is 0.186. The molecule has 0 unspecified atom stereocenters. The molecule has 2 rings (SSSR count). The summed E-state index contributed by atoms with van der Waals surface area (Å²) in [7, 11) is 0. The van der Waals surface area contributed by atoms with Crippen molar-refractivity contribution >= 4 is 17.5 Å². The van der Waals surface area contributed by atoms with Gasteiger partial charge in [0.2, 0.25) is 0 Å². The molecule has 0 aliphatic heterocycles. The molecule has 0 heterocycles. The first-order valence-electron chi connectivity index (χ1n) is 7.85. The largest absolute Gasteiger partial charge is 0.491 e. The van der Waals surface area contributed by atoms with Gasteiger partial charge in [0, 0.05) is 5.02 Å². The van der Waals surface area contributed by atoms with Gasteiger partial charge in [-0.1, -0.05) is 23.7 Å². The van der Waals surface area contributed by atoms with Crippen LogP contribution in [0.25, 0.3) is 0 Å². The minimum Gasteiger partial charge on any atom is -0.491 e. The van der Waals surface area contributed by atoms with Gasteiger partial charge in [-0.2, -0.15) is 0 Å². The van der Waals surface area contributed by atoms with Crippen molar-refractivity contribution in [3.63, 3.8) is 0 Å². The third kappa shape index (κ3) is 5.46. The molecule has 0 aromatic heterocycles. The molecule has 1 atom stereocenters. The van der Waals surface area contributed by atoms with E-state index in [1.807, 2.05) is 32.0 Å². The van der Waals surface area contributed by atoms with Crippen LogP contribution in [0.1, 0.15) is 18.1 Å². The Kier molecular flexibility index (Phi) is 6.50. The third-order valence-corrected chi connectivity index (χ3v) is 3.75. The van der Waals surface area contributed by atoms with Gasteiger partial charge in [-0.25, -0.2) is 0 Å². The highest BCUT2D eigenvalue weighted by molar-refractivity contribution is 6.30. The summed E-state index contributed by atoms with van der Waals surface area (Å²) in [5.41, 5.74) is 2.22. The number of ether oxygens (including phenoxy) is 2. The molecule has 0 spiro atoms. The zero-order chi connectivity index (χ0) is 17.5. The number of rotatable bonds is 7. The number of carbonyl (C=O) groups is 1. The predicted octanol–water partition coefficient (Wildman–Crippen LogP) is 3.92. The van der Waals surface area contributed by atoms with E-state index in [4.69, 9.17) is 21.1 Å². The van der Waals surface area contributed by atoms with Crippen molar-refractivity contribution in [2.24, 2.45) is 0 Å². The van der Waals surface area contributed by atoms with Crippen LogP contribution in [0.2, 0.25) is 5.02 Å². The summed E-state index contributed by atoms with van der Waals surface area (Å²) in [4.78, 5) is 12.0. The first-order valence-corrected chi connectivity index (χ1v) is 8.23. The number of hydrogen-bond acceptors (Lipinski definition) is 3. The van der Waals surface area contributed by atoms with Crippen LogP contribution in [0.4, 0.5) is 0 Å². The molecule has 0 aliphatic rings. The van der Waals surface area contributed by atoms with Crippen LogP contribution in [0.5, 0.6) is 11.5 Å². The van der Waals surface area contributed by atoms with Gasteiger partial charge in [-0.3, -0.25) is 4.79 Å². The van der Waals surface area contributed by atoms with Crippen LogP contribution in [0.15, 0.2) is 42.5 Å². The lowest BCUT2D eigenvalue weighted by molar-refractivity contribution is -0.127. The van der Waals surface area contributed by atoms with E-state index in [0.717, 1.165) is 16.9 Å². The lowest BCUT2D eigenvalue weighted by Gasteiger charge is -2.15. The van der Waals surface area contributed by atoms with E-state index in [0.29, 0.717) is 23.9 Å². The van der Waals surface area contributed by atoms with Gasteiger partial charge in [-0.15, -0.1) is 0 Å². The quantitative estimate of drug-likeness (QED) is 0.772. The van der Waals surface area contributed by atoms with E-state index in [9.17, 15) is 4.79 Å². The molecule has 5 heteroatoms. The maximum absolute atomic E-state index is 12.0. The third-order valence-electron chi connectivity index (χ3n) is 3.50. The molecule has 1 N–H and O–H groups in total. The number of hydrogen-bond donors (Lipinski definition) is 1. The Labute approximate surface area is 147 Å². The highest BCUT2D eigenvalue weighted by atomic mass is 35.5. The van der Waals surface area contributed by atoms with Gasteiger partial charge in [0.05, 0.1) is 6.54 Å². The number of amides is 1. The predicted molar refractivity (Wildman–Crippen MR) is 96.0 cm³/mol. The van der Waals surface area contributed by atoms with E-state index in [-0.39, 0.29) is 5.91 Å². The average Bonchev–Trinajstić information content (AvgIpc) is 2.56. The Balaban J connectivity index is 1.74. The van der Waals surface area contributed by atoms with Gasteiger partial charge in [0.25, 0.3) is 5.91 Å². The Bertz CT molecular complexity index is 686. The fraction of sp³-hybridized carbons (Fsp3) is 0.316. The molecule has 128 valence electrons. The Morgan fingerprint density at radius 1 is 1.17 bits per heavy atom. The van der Waals surface area contributed by atoms with Crippen LogP contribution in [-0.2, 0) is 4.79 Å². The smallest absolute Gasteiger partial charge is 0.260 e. The number of nitrogens with one attached hydrogen (secondary N) is 1. The zero-order valence-corrected chi connectivity index (χ0v) is 14.9. The Hall–Kier alpha value is -2.20. The Morgan fingerprint density at radius 2 is 1.88 bits per heavy atom. The van der Waals surface area contributed by atoms with E-state index in [1.165, 1.54) is 0 Å². The SMILES string of the molecule is Cc1ccc(C)c(OCCNC(=O)[C@@H](C)Oc2ccc(Cl)cc2)c1. The van der Waals surface area contributed by atoms with Crippen molar-refractivity contribution in [2.45, 2.75) is 26.9 Å². The molecule has 2 aromatic carbocycles. The second-order valence-electron chi connectivity index (χ2n) is 5.62. The summed E-state index contributed by atoms with van der Waals surface area (Å²) in [6.45, 7) is 6.54. The van der Waals surface area contributed by atoms with Crippen molar-refractivity contribution in [3.05, 3.63) is 58.6 Å². The summed E-state index contributed by atoms with van der Waals surface area (Å²) in [6, 6.07) is 13.0. The van der Waals surface area contributed by atoms with Crippen LogP contribution in [0.3, 0.4) is 0 Å². The highest BCUT2D eigenvalue weighted by Gasteiger charge is 2.14. The molecule has 24 heavy (non-hydrogen) atoms. The summed E-state index contributed by atoms with van der Waals surface area (Å²) in [6.07, 6.45) is -0.591. The molecule has 0 aliphatic carbocycles. The van der Waals surface area contributed by atoms with Crippen molar-refractivity contribution in [2.75, 3.05) is 13.2 Å². The first kappa shape index (κ1) is 18.1. The van der Waals surface area contributed by atoms with Crippen molar-refractivity contribution in [3.8, 4) is 11.5 Å². The molecule has 0 saturated carbocycles. The molecule has 1 amide bonds. The lowest BCUT2D eigenvalue weighted by atomic mass is 10.1. The van der Waals surface area contributed by atoms with Gasteiger partial charge in [0.15, 0.2) is 6.10 Å². The van der Waals surface area contributed by atoms with Crippen LogP contribution >= 0.6 is 11.6 Å². The maximum Gasteiger partial charge on any atom is 0.260 e. The molecule has 0 fully saturated rings. The summed E-state index contributed by atoms with van der Waals surface area (Å²) < 4.78 is 11.3. The minimum atomic E-state index is -0.591. The van der Waals surface area contributed by atoms with Crippen LogP contribution in [0, 0.1) is 13.8 Å². The van der Waals surface area contributed by atoms with Crippen molar-refractivity contribution in [1.29, 1.82) is 0 Å². The summed E-state index contributed by atoms with van der Waals surface area (Å²) in [5, 5.41) is 3.43. The Morgan fingerprint density at radius 3 is 2.58 bits per heavy atom. The number of halogens is 1. The first-order chi connectivity index (χ1) is 11.5. The number of aryl methyl sites for hydroxylation is 2. The molecule has 2 aromatic rings. The standard InChI is InChI=1S/C19H22ClNO3/c1-13-4-5-14(2)18(12-13)23-11-10-21-19(22)15(3)24-17-8-6-16(20)7-9-17/h4-9,12,15H,10-11H2,1-3H3,(H,21,22)/t15-/m1/s1. The molecule has 0 bridgehead atoms. The van der Waals surface area contributed by atoms with E-state index in [1.54, 1.807) is 31.2 Å². The summed E-state index contributed by atoms with van der Waals surface area (Å²) in [5.74, 6) is 1.26. The molecular weight excluding hydrogens is 326 g/mol. The van der Waals surface area contributed by atoms with Crippen molar-refractivity contribution < 1.29 is 14.3 Å². The second-order valence-corrected chi connectivity index (χ2v) is 6.06. The van der Waals surface area contributed by atoms with Crippen LogP contribution in [-0.4, -0.2) is 25.2 Å². The monoisotopic (exact) mass is 347 g/mol. The summed E-state index contributed by atoms with van der Waals surface area (Å²) >= 11 is 5.82. The lowest BCUT2D eigenvalue weighted by Crippen LogP contribution is -2.38. The van der Waals surface area contributed by atoms with E-state index in [2.05, 4.69) is 5.32 Å². The molecular formula is C19H22ClNO3. The molecule has 4 nitrogen and oxygen atoms in total. The molecule has 0 radical (unpaired) electrons. The fourth-order valence-electron chi connectivity index (χ4n) is 2.11. The maximum atomic E-state index is 12.0. The van der Waals surface area contributed by atoms with Crippen molar-refractivity contribution in [1.82, 2.24) is 5.32 Å². The topological polar surface area (TPSA) is 47.6 Å². The van der Waals surface area contributed by atoms with Gasteiger partial charge >= 0.3 is 0 Å². The van der Waals surface area contributed by atoms with E-state index >= 15 is 0 Å². The molecule has 0 saturated heterocycles. The highest BCUT2D eigenvalue weighted by Crippen LogP contribution is 2.19. The normalized spacial score (nSPS) is 11.7. The van der Waals surface area contributed by atoms with Crippen LogP contribution < -0.4 is 14.8 Å². The zero-order valence-electron chi connectivity index (χ0n) is 14.1. The van der Waals surface area contributed by atoms with Gasteiger partial charge < -0.3 is 14.8 Å². The van der Waals surface area contributed by atoms with E-state index < -0.39 is 6.10 Å². The second kappa shape index (κ2) is 8.60. The fourth-order valence-corrected chi connectivity index (χ4v) is 2.24. The van der Waals surface area contributed by atoms with Gasteiger partial charge in [0.1, 0.15) is 18.1 Å². The number of benzene rings is 2.